The fraction of sp³-hybridized carbons (Fsp3) is 0.560. The van der Waals surface area contributed by atoms with Gasteiger partial charge in [-0.2, -0.15) is 0 Å². The molecule has 1 saturated carbocycles. The molecule has 0 spiro atoms. The van der Waals surface area contributed by atoms with Crippen molar-refractivity contribution < 1.29 is 15.0 Å². The number of fused-ring (bicyclic) bond motifs is 1. The van der Waals surface area contributed by atoms with Gasteiger partial charge in [0.15, 0.2) is 0 Å². The molecule has 7 nitrogen and oxygen atoms in total. The fourth-order valence-corrected chi connectivity index (χ4v) is 6.62. The summed E-state index contributed by atoms with van der Waals surface area (Å²) in [7, 11) is 0. The van der Waals surface area contributed by atoms with E-state index in [1.807, 2.05) is 17.0 Å². The van der Waals surface area contributed by atoms with E-state index in [4.69, 9.17) is 0 Å². The van der Waals surface area contributed by atoms with Crippen LogP contribution < -0.4 is 0 Å². The lowest BCUT2D eigenvalue weighted by Crippen LogP contribution is -2.71. The molecule has 1 aromatic carbocycles. The Morgan fingerprint density at radius 1 is 1.09 bits per heavy atom. The summed E-state index contributed by atoms with van der Waals surface area (Å²) in [6, 6.07) is 7.41. The van der Waals surface area contributed by atoms with Gasteiger partial charge in [-0.25, -0.2) is 9.97 Å². The number of piperidine rings is 1. The molecular weight excluding hydrogens is 404 g/mol. The first kappa shape index (κ1) is 20.1. The Bertz CT molecular complexity index is 1040. The number of aromatic hydroxyl groups is 1. The summed E-state index contributed by atoms with van der Waals surface area (Å²) in [6.45, 7) is 3.03. The number of phenolic OH excluding ortho intramolecular Hbond substituents is 1. The normalized spacial score (nSPS) is 32.0. The van der Waals surface area contributed by atoms with Crippen LogP contribution in [0, 0.1) is 5.92 Å². The van der Waals surface area contributed by atoms with Gasteiger partial charge in [-0.05, 0) is 80.3 Å². The van der Waals surface area contributed by atoms with Crippen LogP contribution in [0.1, 0.15) is 53.8 Å². The second-order valence-electron chi connectivity index (χ2n) is 10.1. The van der Waals surface area contributed by atoms with Crippen molar-refractivity contribution in [1.82, 2.24) is 19.8 Å². The van der Waals surface area contributed by atoms with Crippen LogP contribution in [0.2, 0.25) is 0 Å². The molecule has 2 N–H and O–H groups in total. The Hall–Kier alpha value is -2.51. The highest BCUT2D eigenvalue weighted by Gasteiger charge is 2.63. The van der Waals surface area contributed by atoms with Crippen molar-refractivity contribution >= 4 is 5.91 Å². The number of hydrogen-bond acceptors (Lipinski definition) is 6. The summed E-state index contributed by atoms with van der Waals surface area (Å²) in [6.07, 6.45) is 8.58. The number of carbonyl (C=O) groups excluding carboxylic acids is 1. The smallest absolute Gasteiger partial charge is 0.291 e. The molecule has 168 valence electrons. The summed E-state index contributed by atoms with van der Waals surface area (Å²) in [4.78, 5) is 25.8. The Labute approximate surface area is 188 Å². The molecular formula is C25H30N4O3. The second kappa shape index (κ2) is 7.25. The highest BCUT2D eigenvalue weighted by atomic mass is 16.3. The molecule has 3 fully saturated rings. The number of phenols is 1. The predicted octanol–water partition coefficient (Wildman–Crippen LogP) is 2.13. The van der Waals surface area contributed by atoms with Crippen LogP contribution in [0.25, 0.3) is 0 Å². The van der Waals surface area contributed by atoms with Crippen molar-refractivity contribution in [3.63, 3.8) is 0 Å². The van der Waals surface area contributed by atoms with Crippen LogP contribution in [0.15, 0.2) is 36.7 Å². The topological polar surface area (TPSA) is 89.8 Å². The summed E-state index contributed by atoms with van der Waals surface area (Å²) in [5.74, 6) is 1.03. The van der Waals surface area contributed by atoms with Crippen molar-refractivity contribution in [1.29, 1.82) is 0 Å². The van der Waals surface area contributed by atoms with Crippen molar-refractivity contribution in [2.75, 3.05) is 26.2 Å². The number of aromatic nitrogens is 2. The monoisotopic (exact) mass is 434 g/mol. The molecule has 2 aliphatic carbocycles. The first-order valence-electron chi connectivity index (χ1n) is 11.9. The number of carbonyl (C=O) groups is 1. The van der Waals surface area contributed by atoms with E-state index in [1.54, 1.807) is 24.5 Å². The minimum atomic E-state index is -0.937. The third kappa shape index (κ3) is 2.98. The summed E-state index contributed by atoms with van der Waals surface area (Å²) in [5, 5.41) is 22.8. The SMILES string of the molecule is O=C(c1ncccn1)N1CCC23CCN(CC4CC4)C(Cc4ccc(O)cc42)C3(O)CC1. The van der Waals surface area contributed by atoms with Crippen LogP contribution >= 0.6 is 0 Å². The van der Waals surface area contributed by atoms with Gasteiger partial charge in [0.05, 0.1) is 5.60 Å². The van der Waals surface area contributed by atoms with E-state index in [0.29, 0.717) is 25.9 Å². The fourth-order valence-electron chi connectivity index (χ4n) is 6.62. The number of amides is 1. The lowest BCUT2D eigenvalue weighted by atomic mass is 9.52. The van der Waals surface area contributed by atoms with Crippen molar-refractivity contribution in [2.24, 2.45) is 5.92 Å². The number of likely N-dealkylation sites (tertiary alicyclic amines) is 2. The van der Waals surface area contributed by atoms with Gasteiger partial charge in [-0.1, -0.05) is 6.07 Å². The number of nitrogens with zero attached hydrogens (tertiary/aromatic N) is 4. The molecule has 3 unspecified atom stereocenters. The Balaban J connectivity index is 1.40. The molecule has 3 heterocycles. The molecule has 7 heteroatoms. The van der Waals surface area contributed by atoms with Crippen LogP contribution in [-0.2, 0) is 11.8 Å². The standard InChI is InChI=1S/C25H30N4O3/c30-19-5-4-18-14-21-25(32)8-13-28(23(31)22-26-9-1-10-27-22)11-6-24(25,20(18)15-19)7-12-29(21)16-17-2-3-17/h1,4-5,9-10,15,17,21,30,32H,2-3,6-8,11-14,16H2. The molecule has 1 amide bonds. The van der Waals surface area contributed by atoms with Crippen LogP contribution in [0.5, 0.6) is 5.75 Å². The number of aliphatic hydroxyl groups is 1. The molecule has 0 radical (unpaired) electrons. The van der Waals surface area contributed by atoms with Crippen molar-refractivity contribution in [3.05, 3.63) is 53.6 Å². The molecule has 6 rings (SSSR count). The number of hydrogen-bond donors (Lipinski definition) is 2. The van der Waals surface area contributed by atoms with E-state index in [9.17, 15) is 15.0 Å². The zero-order valence-electron chi connectivity index (χ0n) is 18.3. The molecule has 2 saturated heterocycles. The maximum Gasteiger partial charge on any atom is 0.291 e. The Morgan fingerprint density at radius 3 is 2.62 bits per heavy atom. The molecule has 3 atom stereocenters. The average Bonchev–Trinajstić information content (AvgIpc) is 3.63. The highest BCUT2D eigenvalue weighted by molar-refractivity contribution is 5.90. The van der Waals surface area contributed by atoms with E-state index in [0.717, 1.165) is 37.4 Å². The first-order valence-corrected chi connectivity index (χ1v) is 11.9. The van der Waals surface area contributed by atoms with E-state index >= 15 is 0 Å². The maximum atomic E-state index is 13.1. The molecule has 4 aliphatic rings. The number of rotatable bonds is 3. The summed E-state index contributed by atoms with van der Waals surface area (Å²) < 4.78 is 0. The second-order valence-corrected chi connectivity index (χ2v) is 10.1. The van der Waals surface area contributed by atoms with Crippen LogP contribution in [0.4, 0.5) is 0 Å². The third-order valence-corrected chi connectivity index (χ3v) is 8.47. The minimum absolute atomic E-state index is 0.0388. The van der Waals surface area contributed by atoms with Crippen molar-refractivity contribution in [2.45, 2.75) is 55.6 Å². The minimum Gasteiger partial charge on any atom is -0.508 e. The summed E-state index contributed by atoms with van der Waals surface area (Å²) >= 11 is 0. The average molecular weight is 435 g/mol. The van der Waals surface area contributed by atoms with Gasteiger partial charge in [0.1, 0.15) is 5.75 Å². The maximum absolute atomic E-state index is 13.1. The summed E-state index contributed by atoms with van der Waals surface area (Å²) in [5.41, 5.74) is 0.904. The van der Waals surface area contributed by atoms with Gasteiger partial charge in [-0.15, -0.1) is 0 Å². The van der Waals surface area contributed by atoms with E-state index in [1.165, 1.54) is 18.4 Å². The lowest BCUT2D eigenvalue weighted by molar-refractivity contribution is -0.149. The molecule has 2 aromatic rings. The predicted molar refractivity (Wildman–Crippen MR) is 118 cm³/mol. The Morgan fingerprint density at radius 2 is 1.84 bits per heavy atom. The number of benzene rings is 1. The zero-order valence-corrected chi connectivity index (χ0v) is 18.3. The van der Waals surface area contributed by atoms with E-state index < -0.39 is 11.0 Å². The quantitative estimate of drug-likeness (QED) is 0.769. The highest BCUT2D eigenvalue weighted by Crippen LogP contribution is 2.56. The molecule has 1 aromatic heterocycles. The van der Waals surface area contributed by atoms with Gasteiger partial charge < -0.3 is 15.1 Å². The van der Waals surface area contributed by atoms with Gasteiger partial charge in [-0.3, -0.25) is 9.69 Å². The van der Waals surface area contributed by atoms with Gasteiger partial charge >= 0.3 is 0 Å². The van der Waals surface area contributed by atoms with Gasteiger partial charge in [0.25, 0.3) is 5.91 Å². The molecule has 2 bridgehead atoms. The molecule has 2 aliphatic heterocycles. The van der Waals surface area contributed by atoms with Gasteiger partial charge in [0, 0.05) is 43.5 Å². The Kier molecular flexibility index (Phi) is 4.56. The lowest BCUT2D eigenvalue weighted by Gasteiger charge is -2.61. The van der Waals surface area contributed by atoms with Crippen molar-refractivity contribution in [3.8, 4) is 5.75 Å². The van der Waals surface area contributed by atoms with Gasteiger partial charge in [0.2, 0.25) is 5.82 Å². The zero-order chi connectivity index (χ0) is 21.9. The van der Waals surface area contributed by atoms with Crippen LogP contribution in [0.3, 0.4) is 0 Å². The van der Waals surface area contributed by atoms with Crippen LogP contribution in [-0.4, -0.2) is 73.7 Å². The third-order valence-electron chi connectivity index (χ3n) is 8.47. The van der Waals surface area contributed by atoms with E-state index in [2.05, 4.69) is 14.9 Å². The first-order chi connectivity index (χ1) is 15.5. The largest absolute Gasteiger partial charge is 0.508 e. The molecule has 32 heavy (non-hydrogen) atoms. The van der Waals surface area contributed by atoms with E-state index in [-0.39, 0.29) is 23.5 Å².